The lowest BCUT2D eigenvalue weighted by Gasteiger charge is -2.09. The Morgan fingerprint density at radius 1 is 1.24 bits per heavy atom. The molecule has 0 unspecified atom stereocenters. The molecule has 0 aliphatic heterocycles. The molecule has 0 N–H and O–H groups in total. The van der Waals surface area contributed by atoms with Crippen molar-refractivity contribution in [1.29, 1.82) is 0 Å². The van der Waals surface area contributed by atoms with E-state index in [-0.39, 0.29) is 0 Å². The van der Waals surface area contributed by atoms with Gasteiger partial charge in [0.2, 0.25) is 0 Å². The van der Waals surface area contributed by atoms with E-state index in [0.717, 1.165) is 0 Å². The Balaban J connectivity index is 2.49. The van der Waals surface area contributed by atoms with Crippen LogP contribution in [0, 0.1) is 0 Å². The summed E-state index contributed by atoms with van der Waals surface area (Å²) >= 11 is 4.02. The fraction of sp³-hybridized carbons (Fsp3) is 0.417. The number of ether oxygens (including phenoxy) is 3. The molecule has 1 rings (SSSR count). The smallest absolute Gasteiger partial charge is 0.341 e. The maximum Gasteiger partial charge on any atom is 0.341 e. The molecule has 0 aliphatic carbocycles. The predicted molar refractivity (Wildman–Crippen MR) is 67.9 cm³/mol. The molecule has 0 saturated carbocycles. The molecule has 0 aliphatic rings. The topological polar surface area (TPSA) is 44.8 Å². The van der Waals surface area contributed by atoms with Gasteiger partial charge < -0.3 is 14.2 Å². The summed E-state index contributed by atoms with van der Waals surface area (Å²) in [4.78, 5) is 11.4. The summed E-state index contributed by atoms with van der Waals surface area (Å²) in [5.41, 5.74) is 0.421. The van der Waals surface area contributed by atoms with Crippen molar-refractivity contribution < 1.29 is 19.0 Å². The maximum absolute atomic E-state index is 11.4. The summed E-state index contributed by atoms with van der Waals surface area (Å²) in [5.74, 6) is 0.782. The molecule has 4 nitrogen and oxygen atoms in total. The predicted octanol–water partition coefficient (Wildman–Crippen LogP) is 1.80. The zero-order valence-electron chi connectivity index (χ0n) is 9.72. The highest BCUT2D eigenvalue weighted by Crippen LogP contribution is 2.18. The number of hydrogen-bond acceptors (Lipinski definition) is 5. The molecule has 0 bridgehead atoms. The van der Waals surface area contributed by atoms with E-state index in [4.69, 9.17) is 9.47 Å². The first kappa shape index (κ1) is 13.9. The largest absolute Gasteiger partial charge is 0.490 e. The standard InChI is InChI=1S/C12H16O4S/c1-14-12(13)10-4-2-3-5-11(10)16-7-6-15-8-9-17/h2-5,17H,6-9H2,1H3. The Hall–Kier alpha value is -1.20. The van der Waals surface area contributed by atoms with Gasteiger partial charge >= 0.3 is 5.97 Å². The number of carbonyl (C=O) groups excluding carboxylic acids is 1. The van der Waals surface area contributed by atoms with E-state index in [2.05, 4.69) is 17.4 Å². The number of rotatable bonds is 7. The zero-order valence-corrected chi connectivity index (χ0v) is 10.6. The number of para-hydroxylation sites is 1. The van der Waals surface area contributed by atoms with Crippen molar-refractivity contribution in [3.8, 4) is 5.75 Å². The number of thiol groups is 1. The van der Waals surface area contributed by atoms with E-state index in [1.807, 2.05) is 0 Å². The van der Waals surface area contributed by atoms with Gasteiger partial charge in [-0.2, -0.15) is 12.6 Å². The highest BCUT2D eigenvalue weighted by atomic mass is 32.1. The fourth-order valence-electron chi connectivity index (χ4n) is 1.25. The molecular formula is C12H16O4S. The van der Waals surface area contributed by atoms with Gasteiger partial charge in [-0.25, -0.2) is 4.79 Å². The van der Waals surface area contributed by atoms with Gasteiger partial charge in [-0.1, -0.05) is 12.1 Å². The molecule has 0 saturated heterocycles. The van der Waals surface area contributed by atoms with E-state index >= 15 is 0 Å². The van der Waals surface area contributed by atoms with Gasteiger partial charge in [0.1, 0.15) is 17.9 Å². The highest BCUT2D eigenvalue weighted by Gasteiger charge is 2.11. The van der Waals surface area contributed by atoms with Crippen LogP contribution < -0.4 is 4.74 Å². The summed E-state index contributed by atoms with van der Waals surface area (Å²) < 4.78 is 15.3. The van der Waals surface area contributed by atoms with Gasteiger partial charge in [0.05, 0.1) is 20.3 Å². The minimum Gasteiger partial charge on any atom is -0.490 e. The molecule has 5 heteroatoms. The van der Waals surface area contributed by atoms with Crippen molar-refractivity contribution in [3.05, 3.63) is 29.8 Å². The first-order chi connectivity index (χ1) is 8.29. The van der Waals surface area contributed by atoms with E-state index in [0.29, 0.717) is 36.9 Å². The van der Waals surface area contributed by atoms with Crippen molar-refractivity contribution in [3.63, 3.8) is 0 Å². The summed E-state index contributed by atoms with van der Waals surface area (Å²) in [6.45, 7) is 1.45. The van der Waals surface area contributed by atoms with Crippen LogP contribution in [0.2, 0.25) is 0 Å². The minimum absolute atomic E-state index is 0.391. The molecule has 0 spiro atoms. The average Bonchev–Trinajstić information content (AvgIpc) is 2.38. The summed E-state index contributed by atoms with van der Waals surface area (Å²) in [6.07, 6.45) is 0. The zero-order chi connectivity index (χ0) is 12.5. The number of hydrogen-bond donors (Lipinski definition) is 1. The van der Waals surface area contributed by atoms with E-state index in [1.54, 1.807) is 24.3 Å². The monoisotopic (exact) mass is 256 g/mol. The summed E-state index contributed by atoms with van der Waals surface area (Å²) in [6, 6.07) is 6.95. The lowest BCUT2D eigenvalue weighted by atomic mass is 10.2. The Morgan fingerprint density at radius 3 is 2.71 bits per heavy atom. The number of methoxy groups -OCH3 is 1. The molecule has 0 heterocycles. The molecule has 17 heavy (non-hydrogen) atoms. The van der Waals surface area contributed by atoms with Crippen LogP contribution in [0.15, 0.2) is 24.3 Å². The molecule has 94 valence electrons. The van der Waals surface area contributed by atoms with Crippen LogP contribution in [-0.4, -0.2) is 38.7 Å². The number of benzene rings is 1. The van der Waals surface area contributed by atoms with Crippen LogP contribution in [0.3, 0.4) is 0 Å². The van der Waals surface area contributed by atoms with Gasteiger partial charge in [0, 0.05) is 5.75 Å². The second kappa shape index (κ2) is 7.97. The second-order valence-corrected chi connectivity index (χ2v) is 3.62. The van der Waals surface area contributed by atoms with Gasteiger partial charge in [-0.15, -0.1) is 0 Å². The SMILES string of the molecule is COC(=O)c1ccccc1OCCOCCS. The van der Waals surface area contributed by atoms with Crippen molar-refractivity contribution in [2.75, 3.05) is 32.7 Å². The lowest BCUT2D eigenvalue weighted by molar-refractivity contribution is 0.0592. The molecule has 0 aromatic heterocycles. The highest BCUT2D eigenvalue weighted by molar-refractivity contribution is 7.80. The van der Waals surface area contributed by atoms with Crippen molar-refractivity contribution in [1.82, 2.24) is 0 Å². The normalized spacial score (nSPS) is 10.0. The molecule has 0 radical (unpaired) electrons. The first-order valence-electron chi connectivity index (χ1n) is 5.28. The summed E-state index contributed by atoms with van der Waals surface area (Å²) in [7, 11) is 1.34. The maximum atomic E-state index is 11.4. The van der Waals surface area contributed by atoms with Crippen LogP contribution in [0.25, 0.3) is 0 Å². The Kier molecular flexibility index (Phi) is 6.50. The Morgan fingerprint density at radius 2 is 2.00 bits per heavy atom. The van der Waals surface area contributed by atoms with E-state index < -0.39 is 5.97 Å². The van der Waals surface area contributed by atoms with E-state index in [1.165, 1.54) is 7.11 Å². The van der Waals surface area contributed by atoms with Crippen LogP contribution >= 0.6 is 12.6 Å². The Bertz CT molecular complexity index is 354. The third kappa shape index (κ3) is 4.66. The van der Waals surface area contributed by atoms with Gasteiger partial charge in [-0.3, -0.25) is 0 Å². The first-order valence-corrected chi connectivity index (χ1v) is 5.91. The van der Waals surface area contributed by atoms with Crippen LogP contribution in [0.1, 0.15) is 10.4 Å². The fourth-order valence-corrected chi connectivity index (χ4v) is 1.38. The van der Waals surface area contributed by atoms with Crippen molar-refractivity contribution in [2.24, 2.45) is 0 Å². The second-order valence-electron chi connectivity index (χ2n) is 3.17. The molecule has 0 fully saturated rings. The van der Waals surface area contributed by atoms with Gasteiger partial charge in [-0.05, 0) is 12.1 Å². The van der Waals surface area contributed by atoms with Gasteiger partial charge in [0.25, 0.3) is 0 Å². The third-order valence-corrected chi connectivity index (χ3v) is 2.20. The summed E-state index contributed by atoms with van der Waals surface area (Å²) in [5, 5.41) is 0. The lowest BCUT2D eigenvalue weighted by Crippen LogP contribution is -2.11. The van der Waals surface area contributed by atoms with Crippen molar-refractivity contribution >= 4 is 18.6 Å². The van der Waals surface area contributed by atoms with E-state index in [9.17, 15) is 4.79 Å². The Labute approximate surface area is 106 Å². The quantitative estimate of drug-likeness (QED) is 0.459. The molecule has 0 atom stereocenters. The number of carbonyl (C=O) groups is 1. The minimum atomic E-state index is -0.406. The molecule has 1 aromatic carbocycles. The van der Waals surface area contributed by atoms with Crippen molar-refractivity contribution in [2.45, 2.75) is 0 Å². The van der Waals surface area contributed by atoms with Crippen LogP contribution in [-0.2, 0) is 9.47 Å². The molecule has 1 aromatic rings. The average molecular weight is 256 g/mol. The third-order valence-electron chi connectivity index (χ3n) is 2.01. The molecule has 0 amide bonds. The van der Waals surface area contributed by atoms with Crippen LogP contribution in [0.5, 0.6) is 5.75 Å². The molecular weight excluding hydrogens is 240 g/mol. The van der Waals surface area contributed by atoms with Crippen LogP contribution in [0.4, 0.5) is 0 Å². The van der Waals surface area contributed by atoms with Gasteiger partial charge in [0.15, 0.2) is 0 Å². The number of esters is 1.